The van der Waals surface area contributed by atoms with E-state index >= 15 is 0 Å². The van der Waals surface area contributed by atoms with Crippen LogP contribution in [0.5, 0.6) is 17.2 Å². The fourth-order valence-electron chi connectivity index (χ4n) is 4.20. The van der Waals surface area contributed by atoms with Crippen LogP contribution in [-0.4, -0.2) is 27.2 Å². The van der Waals surface area contributed by atoms with Crippen LogP contribution in [0, 0.1) is 20.8 Å². The van der Waals surface area contributed by atoms with Gasteiger partial charge in [-0.1, -0.05) is 0 Å². The van der Waals surface area contributed by atoms with E-state index in [4.69, 9.17) is 23.0 Å². The van der Waals surface area contributed by atoms with Crippen molar-refractivity contribution in [1.82, 2.24) is 0 Å². The molecule has 0 unspecified atom stereocenters. The highest BCUT2D eigenvalue weighted by atomic mass is 16.5. The third kappa shape index (κ3) is 3.77. The van der Waals surface area contributed by atoms with Gasteiger partial charge in [-0.2, -0.15) is 0 Å². The molecule has 1 N–H and O–H groups in total. The number of carbonyl (C=O) groups is 1. The summed E-state index contributed by atoms with van der Waals surface area (Å²) >= 11 is 0. The Labute approximate surface area is 190 Å². The Morgan fingerprint density at radius 3 is 2.21 bits per heavy atom. The number of amides is 1. The van der Waals surface area contributed by atoms with E-state index in [1.807, 2.05) is 19.9 Å². The van der Waals surface area contributed by atoms with Gasteiger partial charge in [0, 0.05) is 23.2 Å². The Morgan fingerprint density at radius 1 is 0.939 bits per heavy atom. The van der Waals surface area contributed by atoms with Crippen LogP contribution in [0.25, 0.3) is 21.9 Å². The first-order valence-electron chi connectivity index (χ1n) is 10.3. The normalized spacial score (nSPS) is 11.1. The number of hydrogen-bond donors (Lipinski definition) is 1. The van der Waals surface area contributed by atoms with Gasteiger partial charge in [-0.3, -0.25) is 4.79 Å². The van der Waals surface area contributed by atoms with Crippen LogP contribution in [-0.2, 0) is 11.2 Å². The van der Waals surface area contributed by atoms with Crippen molar-refractivity contribution in [2.45, 2.75) is 27.2 Å². The Morgan fingerprint density at radius 2 is 1.61 bits per heavy atom. The molecule has 0 spiro atoms. The SMILES string of the molecule is COc1cc(NC(=O)Cc2c(C)c3c(cc(C)c4c(C)coc43)oc2=O)cc(OC)c1OC. The average Bonchev–Trinajstić information content (AvgIpc) is 3.17. The van der Waals surface area contributed by atoms with Crippen LogP contribution < -0.4 is 25.2 Å². The zero-order valence-corrected chi connectivity index (χ0v) is 19.4. The largest absolute Gasteiger partial charge is 0.493 e. The van der Waals surface area contributed by atoms with Crippen LogP contribution in [0.2, 0.25) is 0 Å². The summed E-state index contributed by atoms with van der Waals surface area (Å²) in [5.41, 5.74) is 3.85. The first-order valence-corrected chi connectivity index (χ1v) is 10.3. The van der Waals surface area contributed by atoms with Crippen molar-refractivity contribution in [3.05, 3.63) is 57.1 Å². The van der Waals surface area contributed by atoms with Crippen molar-refractivity contribution < 1.29 is 27.8 Å². The summed E-state index contributed by atoms with van der Waals surface area (Å²) in [6.07, 6.45) is 1.51. The van der Waals surface area contributed by atoms with Crippen molar-refractivity contribution in [3.8, 4) is 17.2 Å². The minimum atomic E-state index is -0.554. The van der Waals surface area contributed by atoms with Gasteiger partial charge in [-0.25, -0.2) is 4.79 Å². The molecule has 4 rings (SSSR count). The number of aryl methyl sites for hydroxylation is 3. The number of fused-ring (bicyclic) bond motifs is 3. The highest BCUT2D eigenvalue weighted by molar-refractivity contribution is 6.07. The first-order chi connectivity index (χ1) is 15.8. The molecule has 0 aliphatic carbocycles. The number of nitrogens with one attached hydrogen (secondary N) is 1. The van der Waals surface area contributed by atoms with Gasteiger partial charge in [0.15, 0.2) is 11.5 Å². The maximum Gasteiger partial charge on any atom is 0.340 e. The molecule has 0 radical (unpaired) electrons. The fraction of sp³-hybridized carbons (Fsp3) is 0.280. The summed E-state index contributed by atoms with van der Waals surface area (Å²) in [5, 5.41) is 4.46. The molecule has 0 atom stereocenters. The van der Waals surface area contributed by atoms with E-state index in [-0.39, 0.29) is 12.0 Å². The highest BCUT2D eigenvalue weighted by Gasteiger charge is 2.21. The number of rotatable bonds is 6. The first kappa shape index (κ1) is 22.3. The predicted octanol–water partition coefficient (Wildman–Crippen LogP) is 4.67. The second kappa shape index (κ2) is 8.54. The van der Waals surface area contributed by atoms with Gasteiger partial charge in [0.25, 0.3) is 0 Å². The van der Waals surface area contributed by atoms with Gasteiger partial charge in [0.2, 0.25) is 11.7 Å². The minimum Gasteiger partial charge on any atom is -0.493 e. The second-order valence-electron chi connectivity index (χ2n) is 7.82. The quantitative estimate of drug-likeness (QED) is 0.425. The van der Waals surface area contributed by atoms with E-state index in [2.05, 4.69) is 5.32 Å². The average molecular weight is 451 g/mol. The van der Waals surface area contributed by atoms with Crippen molar-refractivity contribution in [2.75, 3.05) is 26.6 Å². The van der Waals surface area contributed by atoms with Crippen molar-refractivity contribution in [3.63, 3.8) is 0 Å². The molecule has 33 heavy (non-hydrogen) atoms. The molecule has 0 saturated carbocycles. The van der Waals surface area contributed by atoms with E-state index in [0.29, 0.717) is 45.1 Å². The van der Waals surface area contributed by atoms with Crippen molar-refractivity contribution in [1.29, 1.82) is 0 Å². The lowest BCUT2D eigenvalue weighted by atomic mass is 9.98. The van der Waals surface area contributed by atoms with Gasteiger partial charge in [0.05, 0.1) is 45.0 Å². The number of ether oxygens (including phenoxy) is 3. The third-order valence-electron chi connectivity index (χ3n) is 5.75. The molecule has 8 heteroatoms. The molecule has 4 aromatic rings. The van der Waals surface area contributed by atoms with E-state index in [0.717, 1.165) is 16.5 Å². The topological polar surface area (TPSA) is 100 Å². The molecular weight excluding hydrogens is 426 g/mol. The number of anilines is 1. The standard InChI is InChI=1S/C25H25NO7/c1-12-7-17-22(24-21(12)13(2)11-32-24)14(3)16(25(28)33-17)10-20(27)26-15-8-18(29-4)23(31-6)19(9-15)30-5/h7-9,11H,10H2,1-6H3,(H,26,27). The Hall–Kier alpha value is -3.94. The molecule has 0 saturated heterocycles. The summed E-state index contributed by atoms with van der Waals surface area (Å²) in [6.45, 7) is 5.71. The molecule has 8 nitrogen and oxygen atoms in total. The Kier molecular flexibility index (Phi) is 5.76. The van der Waals surface area contributed by atoms with Crippen LogP contribution >= 0.6 is 0 Å². The molecule has 172 valence electrons. The number of furan rings is 1. The number of hydrogen-bond acceptors (Lipinski definition) is 7. The Bertz CT molecular complexity index is 1420. The lowest BCUT2D eigenvalue weighted by Gasteiger charge is -2.15. The van der Waals surface area contributed by atoms with E-state index < -0.39 is 11.5 Å². The Balaban J connectivity index is 1.72. The van der Waals surface area contributed by atoms with E-state index in [9.17, 15) is 9.59 Å². The molecule has 2 heterocycles. The maximum absolute atomic E-state index is 12.9. The predicted molar refractivity (Wildman–Crippen MR) is 125 cm³/mol. The van der Waals surface area contributed by atoms with Gasteiger partial charge in [0.1, 0.15) is 11.2 Å². The van der Waals surface area contributed by atoms with Crippen molar-refractivity contribution >= 4 is 33.5 Å². The second-order valence-corrected chi connectivity index (χ2v) is 7.82. The monoisotopic (exact) mass is 451 g/mol. The summed E-state index contributed by atoms with van der Waals surface area (Å²) in [5.74, 6) is 0.828. The van der Waals surface area contributed by atoms with E-state index in [1.165, 1.54) is 21.3 Å². The number of carbonyl (C=O) groups excluding carboxylic acids is 1. The summed E-state index contributed by atoms with van der Waals surface area (Å²) in [6, 6.07) is 5.06. The fourth-order valence-corrected chi connectivity index (χ4v) is 4.20. The van der Waals surface area contributed by atoms with Crippen LogP contribution in [0.1, 0.15) is 22.3 Å². The molecule has 0 aliphatic rings. The zero-order chi connectivity index (χ0) is 23.9. The molecule has 1 amide bonds. The van der Waals surface area contributed by atoms with E-state index in [1.54, 1.807) is 25.3 Å². The van der Waals surface area contributed by atoms with Crippen LogP contribution in [0.15, 0.2) is 38.1 Å². The molecule has 0 aliphatic heterocycles. The van der Waals surface area contributed by atoms with Gasteiger partial charge < -0.3 is 28.4 Å². The lowest BCUT2D eigenvalue weighted by Crippen LogP contribution is -2.20. The third-order valence-corrected chi connectivity index (χ3v) is 5.75. The van der Waals surface area contributed by atoms with Crippen molar-refractivity contribution in [2.24, 2.45) is 0 Å². The lowest BCUT2D eigenvalue weighted by molar-refractivity contribution is -0.115. The van der Waals surface area contributed by atoms with Crippen LogP contribution in [0.4, 0.5) is 5.69 Å². The zero-order valence-electron chi connectivity index (χ0n) is 19.4. The van der Waals surface area contributed by atoms with Gasteiger partial charge >= 0.3 is 5.63 Å². The highest BCUT2D eigenvalue weighted by Crippen LogP contribution is 2.40. The summed E-state index contributed by atoms with van der Waals surface area (Å²) < 4.78 is 27.3. The maximum atomic E-state index is 12.9. The minimum absolute atomic E-state index is 0.171. The molecular formula is C25H25NO7. The van der Waals surface area contributed by atoms with Crippen LogP contribution in [0.3, 0.4) is 0 Å². The molecule has 0 bridgehead atoms. The van der Waals surface area contributed by atoms with Gasteiger partial charge in [-0.05, 0) is 43.5 Å². The molecule has 2 aromatic carbocycles. The summed E-state index contributed by atoms with van der Waals surface area (Å²) in [7, 11) is 4.48. The molecule has 2 aromatic heterocycles. The summed E-state index contributed by atoms with van der Waals surface area (Å²) in [4.78, 5) is 25.6. The number of methoxy groups -OCH3 is 3. The molecule has 0 fully saturated rings. The number of benzene rings is 2. The smallest absolute Gasteiger partial charge is 0.340 e. The van der Waals surface area contributed by atoms with Gasteiger partial charge in [-0.15, -0.1) is 0 Å².